The molecule has 1 saturated heterocycles. The molecule has 0 radical (unpaired) electrons. The molecule has 1 heterocycles. The smallest absolute Gasteiger partial charge is 0.238 e. The molecule has 1 unspecified atom stereocenters. The number of hydrogen-bond donors (Lipinski definition) is 2. The molecule has 5 nitrogen and oxygen atoms in total. The SMILES string of the molecule is Nc1cc(S(N)(=O)=O)ccc1N1CCCC1C1CCCC1. The molecule has 1 aromatic carbocycles. The highest BCUT2D eigenvalue weighted by atomic mass is 32.2. The number of hydrogen-bond acceptors (Lipinski definition) is 4. The van der Waals surface area contributed by atoms with Crippen LogP contribution >= 0.6 is 0 Å². The van der Waals surface area contributed by atoms with E-state index >= 15 is 0 Å². The van der Waals surface area contributed by atoms with E-state index in [-0.39, 0.29) is 4.90 Å². The lowest BCUT2D eigenvalue weighted by molar-refractivity contribution is 0.431. The fraction of sp³-hybridized carbons (Fsp3) is 0.600. The van der Waals surface area contributed by atoms with E-state index in [1.54, 1.807) is 6.07 Å². The third-order valence-electron chi connectivity index (χ3n) is 4.88. The van der Waals surface area contributed by atoms with Gasteiger partial charge in [-0.2, -0.15) is 0 Å². The predicted molar refractivity (Wildman–Crippen MR) is 84.6 cm³/mol. The number of nitrogens with two attached hydrogens (primary N) is 2. The highest BCUT2D eigenvalue weighted by molar-refractivity contribution is 7.89. The molecule has 1 atom stereocenters. The molecule has 1 aromatic rings. The maximum atomic E-state index is 11.4. The van der Waals surface area contributed by atoms with Gasteiger partial charge in [-0.1, -0.05) is 12.8 Å². The maximum absolute atomic E-state index is 11.4. The second kappa shape index (κ2) is 5.50. The summed E-state index contributed by atoms with van der Waals surface area (Å²) in [5.41, 5.74) is 7.56. The van der Waals surface area contributed by atoms with Crippen LogP contribution in [0.4, 0.5) is 11.4 Å². The second-order valence-electron chi connectivity index (χ2n) is 6.21. The molecular formula is C15H23N3O2S. The molecule has 3 rings (SSSR count). The highest BCUT2D eigenvalue weighted by Gasteiger charge is 2.34. The summed E-state index contributed by atoms with van der Waals surface area (Å²) in [5, 5.41) is 5.16. The summed E-state index contributed by atoms with van der Waals surface area (Å²) >= 11 is 0. The van der Waals surface area contributed by atoms with Gasteiger partial charge in [-0.05, 0) is 49.8 Å². The first-order chi connectivity index (χ1) is 9.97. The van der Waals surface area contributed by atoms with Crippen LogP contribution in [0.25, 0.3) is 0 Å². The molecule has 4 N–H and O–H groups in total. The summed E-state index contributed by atoms with van der Waals surface area (Å²) in [4.78, 5) is 2.46. The van der Waals surface area contributed by atoms with E-state index in [0.717, 1.165) is 18.2 Å². The topological polar surface area (TPSA) is 89.4 Å². The van der Waals surface area contributed by atoms with E-state index in [4.69, 9.17) is 10.9 Å². The molecule has 2 fully saturated rings. The van der Waals surface area contributed by atoms with Crippen molar-refractivity contribution in [2.24, 2.45) is 11.1 Å². The van der Waals surface area contributed by atoms with Crippen LogP contribution in [0.2, 0.25) is 0 Å². The summed E-state index contributed by atoms with van der Waals surface area (Å²) in [7, 11) is -3.69. The number of sulfonamides is 1. The van der Waals surface area contributed by atoms with Crippen LogP contribution in [-0.4, -0.2) is 21.0 Å². The normalized spacial score (nSPS) is 23.9. The van der Waals surface area contributed by atoms with Gasteiger partial charge in [-0.3, -0.25) is 0 Å². The zero-order chi connectivity index (χ0) is 15.0. The minimum atomic E-state index is -3.69. The monoisotopic (exact) mass is 309 g/mol. The number of rotatable bonds is 3. The van der Waals surface area contributed by atoms with Gasteiger partial charge < -0.3 is 10.6 Å². The van der Waals surface area contributed by atoms with E-state index in [1.807, 2.05) is 6.07 Å². The number of nitrogen functional groups attached to an aromatic ring is 1. The van der Waals surface area contributed by atoms with E-state index in [2.05, 4.69) is 4.90 Å². The Morgan fingerprint density at radius 3 is 2.43 bits per heavy atom. The van der Waals surface area contributed by atoms with E-state index < -0.39 is 10.0 Å². The predicted octanol–water partition coefficient (Wildman–Crippen LogP) is 2.08. The lowest BCUT2D eigenvalue weighted by atomic mass is 9.95. The van der Waals surface area contributed by atoms with Crippen molar-refractivity contribution in [2.45, 2.75) is 49.5 Å². The van der Waals surface area contributed by atoms with Crippen LogP contribution in [0.3, 0.4) is 0 Å². The van der Waals surface area contributed by atoms with Gasteiger partial charge in [-0.25, -0.2) is 13.6 Å². The minimum Gasteiger partial charge on any atom is -0.397 e. The maximum Gasteiger partial charge on any atom is 0.238 e. The third kappa shape index (κ3) is 2.87. The molecule has 6 heteroatoms. The third-order valence-corrected chi connectivity index (χ3v) is 5.79. The molecule has 21 heavy (non-hydrogen) atoms. The molecule has 1 aliphatic carbocycles. The average molecular weight is 309 g/mol. The van der Waals surface area contributed by atoms with Crippen LogP contribution in [0, 0.1) is 5.92 Å². The van der Waals surface area contributed by atoms with Crippen LogP contribution in [-0.2, 0) is 10.0 Å². The van der Waals surface area contributed by atoms with Gasteiger partial charge in [0.25, 0.3) is 0 Å². The van der Waals surface area contributed by atoms with Gasteiger partial charge >= 0.3 is 0 Å². The molecule has 1 saturated carbocycles. The zero-order valence-electron chi connectivity index (χ0n) is 12.2. The second-order valence-corrected chi connectivity index (χ2v) is 7.77. The molecule has 0 spiro atoms. The highest BCUT2D eigenvalue weighted by Crippen LogP contribution is 2.39. The summed E-state index contributed by atoms with van der Waals surface area (Å²) in [6.45, 7) is 1.00. The van der Waals surface area contributed by atoms with Gasteiger partial charge in [0.2, 0.25) is 10.0 Å². The Labute approximate surface area is 126 Å². The fourth-order valence-corrected chi connectivity index (χ4v) is 4.44. The first-order valence-electron chi connectivity index (χ1n) is 7.66. The average Bonchev–Trinajstić information content (AvgIpc) is 3.08. The molecular weight excluding hydrogens is 286 g/mol. The van der Waals surface area contributed by atoms with E-state index in [9.17, 15) is 8.42 Å². The van der Waals surface area contributed by atoms with Gasteiger partial charge in [-0.15, -0.1) is 0 Å². The van der Waals surface area contributed by atoms with Crippen molar-refractivity contribution in [1.82, 2.24) is 0 Å². The van der Waals surface area contributed by atoms with Crippen molar-refractivity contribution in [2.75, 3.05) is 17.2 Å². The van der Waals surface area contributed by atoms with Crippen molar-refractivity contribution in [1.29, 1.82) is 0 Å². The van der Waals surface area contributed by atoms with Crippen molar-refractivity contribution >= 4 is 21.4 Å². The van der Waals surface area contributed by atoms with Gasteiger partial charge in [0.05, 0.1) is 16.3 Å². The Balaban J connectivity index is 1.89. The Morgan fingerprint density at radius 2 is 1.81 bits per heavy atom. The number of benzene rings is 1. The van der Waals surface area contributed by atoms with Crippen molar-refractivity contribution in [3.8, 4) is 0 Å². The lowest BCUT2D eigenvalue weighted by Crippen LogP contribution is -2.35. The van der Waals surface area contributed by atoms with Gasteiger partial charge in [0.1, 0.15) is 0 Å². The molecule has 0 amide bonds. The standard InChI is InChI=1S/C15H23N3O2S/c16-13-10-12(21(17,19)20)7-8-15(13)18-9-3-6-14(18)11-4-1-2-5-11/h7-8,10-11,14H,1-6,9,16H2,(H2,17,19,20). The first-order valence-corrected chi connectivity index (χ1v) is 9.20. The van der Waals surface area contributed by atoms with Crippen LogP contribution in [0.1, 0.15) is 38.5 Å². The Hall–Kier alpha value is -1.27. The van der Waals surface area contributed by atoms with Crippen molar-refractivity contribution in [3.05, 3.63) is 18.2 Å². The van der Waals surface area contributed by atoms with Gasteiger partial charge in [0, 0.05) is 12.6 Å². The first kappa shape index (κ1) is 14.7. The van der Waals surface area contributed by atoms with Gasteiger partial charge in [0.15, 0.2) is 0 Å². The van der Waals surface area contributed by atoms with Crippen LogP contribution in [0.15, 0.2) is 23.1 Å². The van der Waals surface area contributed by atoms with Crippen molar-refractivity contribution in [3.63, 3.8) is 0 Å². The quantitative estimate of drug-likeness (QED) is 0.837. The Morgan fingerprint density at radius 1 is 1.10 bits per heavy atom. The van der Waals surface area contributed by atoms with Crippen molar-refractivity contribution < 1.29 is 8.42 Å². The van der Waals surface area contributed by atoms with E-state index in [0.29, 0.717) is 11.7 Å². The van der Waals surface area contributed by atoms with Crippen LogP contribution in [0.5, 0.6) is 0 Å². The number of primary sulfonamides is 1. The molecule has 116 valence electrons. The van der Waals surface area contributed by atoms with Crippen LogP contribution < -0.4 is 15.8 Å². The minimum absolute atomic E-state index is 0.0837. The lowest BCUT2D eigenvalue weighted by Gasteiger charge is -2.32. The molecule has 0 aromatic heterocycles. The summed E-state index contributed by atoms with van der Waals surface area (Å²) in [5.74, 6) is 0.754. The Bertz CT molecular complexity index is 624. The molecule has 2 aliphatic rings. The number of nitrogens with zero attached hydrogens (tertiary/aromatic N) is 1. The summed E-state index contributed by atoms with van der Waals surface area (Å²) < 4.78 is 22.8. The fourth-order valence-electron chi connectivity index (χ4n) is 3.90. The zero-order valence-corrected chi connectivity index (χ0v) is 13.0. The summed E-state index contributed by atoms with van der Waals surface area (Å²) in [6, 6.07) is 5.40. The van der Waals surface area contributed by atoms with E-state index in [1.165, 1.54) is 44.6 Å². The Kier molecular flexibility index (Phi) is 3.84. The largest absolute Gasteiger partial charge is 0.397 e. The summed E-state index contributed by atoms with van der Waals surface area (Å²) in [6.07, 6.45) is 7.65. The molecule has 0 bridgehead atoms. The number of anilines is 2. The molecule has 1 aliphatic heterocycles.